The molecular weight excluding hydrogens is 295 g/mol. The van der Waals surface area contributed by atoms with Crippen molar-refractivity contribution in [3.05, 3.63) is 35.6 Å². The molecule has 1 aliphatic rings. The van der Waals surface area contributed by atoms with E-state index >= 15 is 0 Å². The van der Waals surface area contributed by atoms with Crippen LogP contribution in [0.3, 0.4) is 0 Å². The average molecular weight is 320 g/mol. The van der Waals surface area contributed by atoms with E-state index in [-0.39, 0.29) is 23.4 Å². The van der Waals surface area contributed by atoms with E-state index in [1.165, 1.54) is 24.6 Å². The SMILES string of the molecule is CC(C)[C@H](NC(=O)c1ccccc1F)C(=O)NC1CCCCC1. The first kappa shape index (κ1) is 17.4. The molecule has 0 aliphatic heterocycles. The highest BCUT2D eigenvalue weighted by Gasteiger charge is 2.27. The first-order valence-electron chi connectivity index (χ1n) is 8.35. The molecule has 4 nitrogen and oxygen atoms in total. The maximum atomic E-state index is 13.7. The van der Waals surface area contributed by atoms with Crippen LogP contribution in [0.25, 0.3) is 0 Å². The van der Waals surface area contributed by atoms with Crippen LogP contribution in [-0.4, -0.2) is 23.9 Å². The van der Waals surface area contributed by atoms with Gasteiger partial charge in [-0.1, -0.05) is 45.2 Å². The topological polar surface area (TPSA) is 58.2 Å². The van der Waals surface area contributed by atoms with Gasteiger partial charge < -0.3 is 10.6 Å². The molecule has 126 valence electrons. The highest BCUT2D eigenvalue weighted by molar-refractivity contribution is 5.97. The Morgan fingerprint density at radius 1 is 1.13 bits per heavy atom. The van der Waals surface area contributed by atoms with Crippen molar-refractivity contribution in [3.63, 3.8) is 0 Å². The van der Waals surface area contributed by atoms with Gasteiger partial charge in [0, 0.05) is 6.04 Å². The van der Waals surface area contributed by atoms with Crippen LogP contribution < -0.4 is 10.6 Å². The predicted octanol–water partition coefficient (Wildman–Crippen LogP) is 3.03. The minimum absolute atomic E-state index is 0.0383. The van der Waals surface area contributed by atoms with Crippen molar-refractivity contribution in [1.82, 2.24) is 10.6 Å². The number of hydrogen-bond acceptors (Lipinski definition) is 2. The van der Waals surface area contributed by atoms with Crippen LogP contribution in [0, 0.1) is 11.7 Å². The Morgan fingerprint density at radius 2 is 1.78 bits per heavy atom. The molecule has 5 heteroatoms. The van der Waals surface area contributed by atoms with Gasteiger partial charge in [0.15, 0.2) is 0 Å². The van der Waals surface area contributed by atoms with Crippen LogP contribution in [-0.2, 0) is 4.79 Å². The lowest BCUT2D eigenvalue weighted by atomic mass is 9.94. The lowest BCUT2D eigenvalue weighted by Gasteiger charge is -2.27. The van der Waals surface area contributed by atoms with E-state index in [4.69, 9.17) is 0 Å². The number of nitrogens with one attached hydrogen (secondary N) is 2. The Hall–Kier alpha value is -1.91. The molecule has 2 amide bonds. The third-order valence-corrected chi connectivity index (χ3v) is 4.31. The molecule has 0 heterocycles. The molecule has 0 bridgehead atoms. The molecule has 1 fully saturated rings. The van der Waals surface area contributed by atoms with E-state index in [1.807, 2.05) is 13.8 Å². The zero-order chi connectivity index (χ0) is 16.8. The maximum Gasteiger partial charge on any atom is 0.254 e. The lowest BCUT2D eigenvalue weighted by molar-refractivity contribution is -0.124. The van der Waals surface area contributed by atoms with Crippen LogP contribution in [0.1, 0.15) is 56.3 Å². The smallest absolute Gasteiger partial charge is 0.254 e. The fourth-order valence-electron chi connectivity index (χ4n) is 2.94. The predicted molar refractivity (Wildman–Crippen MR) is 87.5 cm³/mol. The van der Waals surface area contributed by atoms with E-state index in [0.717, 1.165) is 25.7 Å². The Morgan fingerprint density at radius 3 is 2.39 bits per heavy atom. The van der Waals surface area contributed by atoms with E-state index in [1.54, 1.807) is 6.07 Å². The summed E-state index contributed by atoms with van der Waals surface area (Å²) in [4.78, 5) is 24.7. The van der Waals surface area contributed by atoms with Gasteiger partial charge in [-0.25, -0.2) is 4.39 Å². The summed E-state index contributed by atoms with van der Waals surface area (Å²) < 4.78 is 13.7. The summed E-state index contributed by atoms with van der Waals surface area (Å²) in [6.07, 6.45) is 5.43. The lowest BCUT2D eigenvalue weighted by Crippen LogP contribution is -2.52. The van der Waals surface area contributed by atoms with Gasteiger partial charge >= 0.3 is 0 Å². The zero-order valence-corrected chi connectivity index (χ0v) is 13.8. The summed E-state index contributed by atoms with van der Waals surface area (Å²) in [6, 6.07) is 5.31. The summed E-state index contributed by atoms with van der Waals surface area (Å²) in [7, 11) is 0. The van der Waals surface area contributed by atoms with Crippen LogP contribution in [0.2, 0.25) is 0 Å². The molecule has 1 saturated carbocycles. The van der Waals surface area contributed by atoms with Gasteiger partial charge in [-0.3, -0.25) is 9.59 Å². The zero-order valence-electron chi connectivity index (χ0n) is 13.8. The fourth-order valence-corrected chi connectivity index (χ4v) is 2.94. The third kappa shape index (κ3) is 4.78. The molecule has 1 aliphatic carbocycles. The molecule has 2 N–H and O–H groups in total. The van der Waals surface area contributed by atoms with E-state index in [9.17, 15) is 14.0 Å². The molecule has 2 rings (SSSR count). The standard InChI is InChI=1S/C18H25FN2O2/c1-12(2)16(18(23)20-13-8-4-3-5-9-13)21-17(22)14-10-6-7-11-15(14)19/h6-7,10-13,16H,3-5,8-9H2,1-2H3,(H,20,23)(H,21,22)/t16-/m0/s1. The highest BCUT2D eigenvalue weighted by atomic mass is 19.1. The number of rotatable bonds is 5. The van der Waals surface area contributed by atoms with Gasteiger partial charge in [0.2, 0.25) is 5.91 Å². The van der Waals surface area contributed by atoms with Crippen molar-refractivity contribution in [1.29, 1.82) is 0 Å². The molecule has 1 aromatic rings. The average Bonchev–Trinajstić information content (AvgIpc) is 2.53. The summed E-state index contributed by atoms with van der Waals surface area (Å²) in [6.45, 7) is 3.74. The minimum atomic E-state index is -0.663. The molecule has 0 saturated heterocycles. The molecule has 0 unspecified atom stereocenters. The van der Waals surface area contributed by atoms with Gasteiger partial charge in [-0.2, -0.15) is 0 Å². The van der Waals surface area contributed by atoms with Gasteiger partial charge in [0.25, 0.3) is 5.91 Å². The van der Waals surface area contributed by atoms with Crippen molar-refractivity contribution >= 4 is 11.8 Å². The number of amides is 2. The molecule has 1 atom stereocenters. The van der Waals surface area contributed by atoms with Crippen molar-refractivity contribution in [3.8, 4) is 0 Å². The van der Waals surface area contributed by atoms with Crippen LogP contribution in [0.5, 0.6) is 0 Å². The first-order chi connectivity index (χ1) is 11.0. The van der Waals surface area contributed by atoms with Gasteiger partial charge in [-0.05, 0) is 30.9 Å². The molecular formula is C18H25FN2O2. The van der Waals surface area contributed by atoms with E-state index in [0.29, 0.717) is 0 Å². The Bertz CT molecular complexity index is 554. The number of hydrogen-bond donors (Lipinski definition) is 2. The van der Waals surface area contributed by atoms with Crippen molar-refractivity contribution < 1.29 is 14.0 Å². The monoisotopic (exact) mass is 320 g/mol. The molecule has 23 heavy (non-hydrogen) atoms. The van der Waals surface area contributed by atoms with Gasteiger partial charge in [-0.15, -0.1) is 0 Å². The number of benzene rings is 1. The Labute approximate surface area is 136 Å². The van der Waals surface area contributed by atoms with Crippen molar-refractivity contribution in [2.45, 2.75) is 58.0 Å². The second-order valence-electron chi connectivity index (χ2n) is 6.52. The second-order valence-corrected chi connectivity index (χ2v) is 6.52. The van der Waals surface area contributed by atoms with Gasteiger partial charge in [0.05, 0.1) is 5.56 Å². The Kier molecular flexibility index (Phi) is 6.13. The van der Waals surface area contributed by atoms with Crippen molar-refractivity contribution in [2.24, 2.45) is 5.92 Å². The maximum absolute atomic E-state index is 13.7. The van der Waals surface area contributed by atoms with E-state index < -0.39 is 17.8 Å². The summed E-state index contributed by atoms with van der Waals surface area (Å²) in [5.74, 6) is -1.40. The van der Waals surface area contributed by atoms with Crippen LogP contribution in [0.4, 0.5) is 4.39 Å². The second kappa shape index (κ2) is 8.09. The van der Waals surface area contributed by atoms with E-state index in [2.05, 4.69) is 10.6 Å². The summed E-state index contributed by atoms with van der Waals surface area (Å²) >= 11 is 0. The minimum Gasteiger partial charge on any atom is -0.352 e. The Balaban J connectivity index is 2.01. The summed E-state index contributed by atoms with van der Waals surface area (Å²) in [5, 5.41) is 5.70. The van der Waals surface area contributed by atoms with Crippen LogP contribution >= 0.6 is 0 Å². The molecule has 0 aromatic heterocycles. The number of halogens is 1. The normalized spacial score (nSPS) is 16.9. The quantitative estimate of drug-likeness (QED) is 0.876. The molecule has 1 aromatic carbocycles. The third-order valence-electron chi connectivity index (χ3n) is 4.31. The fraction of sp³-hybridized carbons (Fsp3) is 0.556. The van der Waals surface area contributed by atoms with Gasteiger partial charge in [0.1, 0.15) is 11.9 Å². The molecule has 0 spiro atoms. The van der Waals surface area contributed by atoms with Crippen molar-refractivity contribution in [2.75, 3.05) is 0 Å². The van der Waals surface area contributed by atoms with Crippen LogP contribution in [0.15, 0.2) is 24.3 Å². The number of carbonyl (C=O) groups excluding carboxylic acids is 2. The first-order valence-corrected chi connectivity index (χ1v) is 8.35. The molecule has 0 radical (unpaired) electrons. The summed E-state index contributed by atoms with van der Waals surface area (Å²) in [5.41, 5.74) is -0.0383. The number of carbonyl (C=O) groups is 2. The highest BCUT2D eigenvalue weighted by Crippen LogP contribution is 2.18. The largest absolute Gasteiger partial charge is 0.352 e.